The molecule has 0 aliphatic carbocycles. The van der Waals surface area contributed by atoms with Crippen LogP contribution >= 0.6 is 0 Å². The number of hydrogen-bond donors (Lipinski definition) is 1. The molecule has 0 saturated heterocycles. The van der Waals surface area contributed by atoms with Crippen LogP contribution in [0, 0.1) is 15.9 Å². The maximum Gasteiger partial charge on any atom is 0.270 e. The number of nitro benzene ring substituents is 1. The summed E-state index contributed by atoms with van der Waals surface area (Å²) in [5, 5.41) is 10.8. The number of nitrogens with zero attached hydrogens (tertiary/aromatic N) is 2. The van der Waals surface area contributed by atoms with Crippen molar-refractivity contribution >= 4 is 21.4 Å². The maximum atomic E-state index is 14.1. The third-order valence-corrected chi connectivity index (χ3v) is 6.66. The Morgan fingerprint density at radius 3 is 2.52 bits per heavy atom. The topological polar surface area (TPSA) is 116 Å². The van der Waals surface area contributed by atoms with Gasteiger partial charge in [0, 0.05) is 17.7 Å². The first-order valence-electron chi connectivity index (χ1n) is 6.55. The van der Waals surface area contributed by atoms with Gasteiger partial charge in [0.05, 0.1) is 10.7 Å². The molecule has 1 atom stereocenters. The molecule has 2 rings (SSSR count). The molecule has 1 aromatic rings. The summed E-state index contributed by atoms with van der Waals surface area (Å²) in [4.78, 5) is 13.9. The maximum absolute atomic E-state index is 14.1. The third-order valence-electron chi connectivity index (χ3n) is 4.04. The Morgan fingerprint density at radius 2 is 2.04 bits per heavy atom. The number of alkyl halides is 1. The monoisotopic (exact) mass is 347 g/mol. The first-order chi connectivity index (χ1) is 10.5. The van der Waals surface area contributed by atoms with E-state index in [0.29, 0.717) is 0 Å². The van der Waals surface area contributed by atoms with Crippen molar-refractivity contribution in [2.24, 2.45) is 10.7 Å². The van der Waals surface area contributed by atoms with E-state index in [1.165, 1.54) is 13.8 Å². The zero-order valence-corrected chi connectivity index (χ0v) is 13.2. The van der Waals surface area contributed by atoms with Crippen LogP contribution in [0.5, 0.6) is 0 Å². The fourth-order valence-electron chi connectivity index (χ4n) is 2.31. The molecule has 0 radical (unpaired) electrons. The minimum absolute atomic E-state index is 0.368. The first kappa shape index (κ1) is 17.3. The van der Waals surface area contributed by atoms with Crippen molar-refractivity contribution in [3.8, 4) is 0 Å². The van der Waals surface area contributed by atoms with Crippen LogP contribution in [0.3, 0.4) is 0 Å². The number of nitrogens with two attached hydrogens (primary N) is 1. The van der Waals surface area contributed by atoms with Crippen molar-refractivity contribution in [2.75, 3.05) is 12.4 Å². The van der Waals surface area contributed by atoms with Gasteiger partial charge in [0.15, 0.2) is 9.84 Å². The molecule has 1 aliphatic heterocycles. The van der Waals surface area contributed by atoms with Crippen LogP contribution in [0.2, 0.25) is 0 Å². The normalized spacial score (nSPS) is 25.7. The third kappa shape index (κ3) is 2.56. The second-order valence-electron chi connectivity index (χ2n) is 5.85. The number of amidine groups is 1. The molecule has 1 heterocycles. The van der Waals surface area contributed by atoms with Crippen molar-refractivity contribution in [3.63, 3.8) is 0 Å². The van der Waals surface area contributed by atoms with Gasteiger partial charge in [-0.2, -0.15) is 0 Å². The van der Waals surface area contributed by atoms with Crippen LogP contribution in [0.1, 0.15) is 19.4 Å². The second-order valence-corrected chi connectivity index (χ2v) is 8.39. The molecule has 10 heteroatoms. The lowest BCUT2D eigenvalue weighted by Crippen LogP contribution is -2.56. The fraction of sp³-hybridized carbons (Fsp3) is 0.462. The molecule has 0 bridgehead atoms. The predicted molar refractivity (Wildman–Crippen MR) is 80.2 cm³/mol. The zero-order chi connectivity index (χ0) is 17.6. The van der Waals surface area contributed by atoms with E-state index in [0.717, 1.165) is 18.2 Å². The van der Waals surface area contributed by atoms with Crippen molar-refractivity contribution in [2.45, 2.75) is 24.1 Å². The minimum Gasteiger partial charge on any atom is -0.386 e. The van der Waals surface area contributed by atoms with E-state index in [4.69, 9.17) is 5.73 Å². The van der Waals surface area contributed by atoms with Gasteiger partial charge in [-0.25, -0.2) is 17.2 Å². The van der Waals surface area contributed by atoms with Crippen molar-refractivity contribution < 1.29 is 22.1 Å². The smallest absolute Gasteiger partial charge is 0.270 e. The van der Waals surface area contributed by atoms with E-state index in [2.05, 4.69) is 4.99 Å². The number of sulfone groups is 1. The van der Waals surface area contributed by atoms with Gasteiger partial charge in [0.1, 0.15) is 28.6 Å². The lowest BCUT2D eigenvalue weighted by atomic mass is 9.92. The molecular formula is C13H15F2N3O4S. The van der Waals surface area contributed by atoms with Crippen LogP contribution in [0.25, 0.3) is 0 Å². The van der Waals surface area contributed by atoms with Gasteiger partial charge in [-0.05, 0) is 19.9 Å². The summed E-state index contributed by atoms with van der Waals surface area (Å²) >= 11 is 0. The number of aliphatic imine (C=N–C) groups is 1. The Labute approximate surface area is 131 Å². The number of non-ortho nitro benzene ring substituents is 1. The molecule has 7 nitrogen and oxygen atoms in total. The van der Waals surface area contributed by atoms with Gasteiger partial charge >= 0.3 is 0 Å². The van der Waals surface area contributed by atoms with Gasteiger partial charge in [-0.1, -0.05) is 0 Å². The zero-order valence-electron chi connectivity index (χ0n) is 12.4. The van der Waals surface area contributed by atoms with E-state index in [-0.39, 0.29) is 5.84 Å². The van der Waals surface area contributed by atoms with E-state index in [1.54, 1.807) is 0 Å². The molecule has 0 aromatic heterocycles. The summed E-state index contributed by atoms with van der Waals surface area (Å²) in [7, 11) is -3.96. The van der Waals surface area contributed by atoms with Crippen LogP contribution in [-0.4, -0.2) is 36.4 Å². The van der Waals surface area contributed by atoms with Crippen LogP contribution in [0.4, 0.5) is 14.5 Å². The number of halogens is 2. The van der Waals surface area contributed by atoms with E-state index < -0.39 is 54.5 Å². The van der Waals surface area contributed by atoms with Crippen molar-refractivity contribution in [3.05, 3.63) is 39.7 Å². The number of hydrogen-bond acceptors (Lipinski definition) is 6. The highest BCUT2D eigenvalue weighted by Gasteiger charge is 2.52. The van der Waals surface area contributed by atoms with Gasteiger partial charge in [0.25, 0.3) is 5.69 Å². The predicted octanol–water partition coefficient (Wildman–Crippen LogP) is 1.46. The summed E-state index contributed by atoms with van der Waals surface area (Å²) < 4.78 is 51.2. The Balaban J connectivity index is 2.76. The highest BCUT2D eigenvalue weighted by Crippen LogP contribution is 2.39. The Morgan fingerprint density at radius 1 is 1.43 bits per heavy atom. The molecule has 0 spiro atoms. The lowest BCUT2D eigenvalue weighted by molar-refractivity contribution is -0.385. The Kier molecular flexibility index (Phi) is 3.92. The molecule has 126 valence electrons. The lowest BCUT2D eigenvalue weighted by Gasteiger charge is -2.38. The first-order valence-corrected chi connectivity index (χ1v) is 8.20. The highest BCUT2D eigenvalue weighted by atomic mass is 32.2. The summed E-state index contributed by atoms with van der Waals surface area (Å²) in [6.45, 7) is 1.27. The summed E-state index contributed by atoms with van der Waals surface area (Å²) in [5.41, 5.74) is 2.54. The molecule has 1 aromatic carbocycles. The largest absolute Gasteiger partial charge is 0.386 e. The van der Waals surface area contributed by atoms with Crippen molar-refractivity contribution in [1.29, 1.82) is 0 Å². The molecular weight excluding hydrogens is 332 g/mol. The number of rotatable bonds is 3. The standard InChI is InChI=1S/C13H15F2N3O4S/c1-12(2)11(16)17-13(6-14,7-23(12,21)22)9-5-8(18(19)20)3-4-10(9)15/h3-5H,6-7H2,1-2H3,(H2,16,17)/t13-/m0/s1. The number of benzene rings is 1. The highest BCUT2D eigenvalue weighted by molar-refractivity contribution is 7.93. The molecule has 0 fully saturated rings. The summed E-state index contributed by atoms with van der Waals surface area (Å²) in [6, 6.07) is 2.47. The molecule has 0 unspecified atom stereocenters. The average Bonchev–Trinajstić information content (AvgIpc) is 2.44. The minimum atomic E-state index is -3.96. The number of nitro groups is 1. The summed E-state index contributed by atoms with van der Waals surface area (Å²) in [5.74, 6) is -2.19. The van der Waals surface area contributed by atoms with Crippen molar-refractivity contribution in [1.82, 2.24) is 0 Å². The SMILES string of the molecule is CC1(C)C(N)=N[C@](CF)(c2cc([N+](=O)[O-])ccc2F)CS1(=O)=O. The molecule has 0 saturated carbocycles. The molecule has 23 heavy (non-hydrogen) atoms. The van der Waals surface area contributed by atoms with E-state index >= 15 is 0 Å². The summed E-state index contributed by atoms with van der Waals surface area (Å²) in [6.07, 6.45) is 0. The van der Waals surface area contributed by atoms with Crippen LogP contribution < -0.4 is 5.73 Å². The molecule has 1 aliphatic rings. The van der Waals surface area contributed by atoms with E-state index in [1.807, 2.05) is 0 Å². The van der Waals surface area contributed by atoms with Gasteiger partial charge in [0.2, 0.25) is 0 Å². The van der Waals surface area contributed by atoms with E-state index in [9.17, 15) is 27.3 Å². The van der Waals surface area contributed by atoms with Gasteiger partial charge < -0.3 is 5.73 Å². The quantitative estimate of drug-likeness (QED) is 0.656. The van der Waals surface area contributed by atoms with Crippen LogP contribution in [0.15, 0.2) is 23.2 Å². The van der Waals surface area contributed by atoms with Gasteiger partial charge in [-0.15, -0.1) is 0 Å². The van der Waals surface area contributed by atoms with Gasteiger partial charge in [-0.3, -0.25) is 15.1 Å². The Hall–Kier alpha value is -2.10. The Bertz CT molecular complexity index is 807. The average molecular weight is 347 g/mol. The second kappa shape index (κ2) is 5.22. The molecule has 2 N–H and O–H groups in total. The fourth-order valence-corrected chi connectivity index (χ4v) is 3.96. The molecule has 0 amide bonds. The van der Waals surface area contributed by atoms with Crippen LogP contribution in [-0.2, 0) is 15.4 Å².